The number of nitrogens with one attached hydrogen (secondary N) is 2. The molecule has 0 bridgehead atoms. The van der Waals surface area contributed by atoms with Gasteiger partial charge in [0.2, 0.25) is 5.91 Å². The summed E-state index contributed by atoms with van der Waals surface area (Å²) in [6.45, 7) is 5.73. The predicted octanol–water partition coefficient (Wildman–Crippen LogP) is 0.439. The van der Waals surface area contributed by atoms with Gasteiger partial charge in [0, 0.05) is 31.5 Å². The highest BCUT2D eigenvalue weighted by atomic mass is 16.5. The number of aryl methyl sites for hydroxylation is 1. The van der Waals surface area contributed by atoms with Crippen molar-refractivity contribution in [3.05, 3.63) is 18.2 Å². The maximum absolute atomic E-state index is 11.9. The molecule has 6 heteroatoms. The summed E-state index contributed by atoms with van der Waals surface area (Å²) in [6.07, 6.45) is 4.66. The normalized spacial score (nSPS) is 26.4. The second-order valence-electron chi connectivity index (χ2n) is 5.55. The molecule has 1 aromatic heterocycles. The van der Waals surface area contributed by atoms with Crippen molar-refractivity contribution in [3.63, 3.8) is 0 Å². The van der Waals surface area contributed by atoms with Gasteiger partial charge in [0.25, 0.3) is 0 Å². The minimum absolute atomic E-state index is 0.0633. The molecule has 1 fully saturated rings. The average Bonchev–Trinajstić information content (AvgIpc) is 2.80. The molecule has 1 saturated heterocycles. The van der Waals surface area contributed by atoms with Crippen molar-refractivity contribution >= 4 is 5.91 Å². The van der Waals surface area contributed by atoms with Crippen LogP contribution in [-0.4, -0.2) is 40.7 Å². The van der Waals surface area contributed by atoms with Gasteiger partial charge < -0.3 is 19.9 Å². The van der Waals surface area contributed by atoms with E-state index in [1.165, 1.54) is 0 Å². The fourth-order valence-corrected chi connectivity index (χ4v) is 2.60. The van der Waals surface area contributed by atoms with Crippen LogP contribution in [0.25, 0.3) is 0 Å². The summed E-state index contributed by atoms with van der Waals surface area (Å²) in [6, 6.07) is 0.477. The van der Waals surface area contributed by atoms with E-state index in [1.807, 2.05) is 17.8 Å². The van der Waals surface area contributed by atoms with Crippen molar-refractivity contribution in [1.29, 1.82) is 0 Å². The first-order valence-electron chi connectivity index (χ1n) is 7.14. The summed E-state index contributed by atoms with van der Waals surface area (Å²) in [5.41, 5.74) is 0. The van der Waals surface area contributed by atoms with Crippen LogP contribution in [0.1, 0.15) is 26.1 Å². The lowest BCUT2D eigenvalue weighted by molar-refractivity contribution is -0.127. The fourth-order valence-electron chi connectivity index (χ4n) is 2.60. The Bertz CT molecular complexity index is 436. The van der Waals surface area contributed by atoms with Crippen molar-refractivity contribution in [1.82, 2.24) is 20.2 Å². The Labute approximate surface area is 119 Å². The molecule has 6 nitrogen and oxygen atoms in total. The van der Waals surface area contributed by atoms with Gasteiger partial charge >= 0.3 is 0 Å². The van der Waals surface area contributed by atoms with Gasteiger partial charge in [0.1, 0.15) is 19.0 Å². The minimum Gasteiger partial charge on any atom is -0.364 e. The van der Waals surface area contributed by atoms with Crippen LogP contribution in [0.5, 0.6) is 0 Å². The van der Waals surface area contributed by atoms with E-state index in [0.717, 1.165) is 18.8 Å². The molecule has 0 spiro atoms. The lowest BCUT2D eigenvalue weighted by Crippen LogP contribution is -2.56. The maximum atomic E-state index is 11.9. The Morgan fingerprint density at radius 3 is 3.05 bits per heavy atom. The van der Waals surface area contributed by atoms with Gasteiger partial charge in [-0.15, -0.1) is 0 Å². The number of rotatable bonds is 5. The minimum atomic E-state index is -0.0633. The molecule has 20 heavy (non-hydrogen) atoms. The van der Waals surface area contributed by atoms with Crippen LogP contribution in [0.15, 0.2) is 12.4 Å². The molecule has 1 aliphatic rings. The Morgan fingerprint density at radius 1 is 1.60 bits per heavy atom. The first-order chi connectivity index (χ1) is 9.58. The number of hydrogen-bond donors (Lipinski definition) is 2. The Kier molecular flexibility index (Phi) is 5.14. The van der Waals surface area contributed by atoms with Gasteiger partial charge in [0.05, 0.1) is 0 Å². The number of imidazole rings is 1. The van der Waals surface area contributed by atoms with Crippen LogP contribution in [0.4, 0.5) is 0 Å². The van der Waals surface area contributed by atoms with E-state index in [-0.39, 0.29) is 18.6 Å². The topological polar surface area (TPSA) is 68.2 Å². The number of carbonyl (C=O) groups is 1. The lowest BCUT2D eigenvalue weighted by atomic mass is 9.89. The van der Waals surface area contributed by atoms with Crippen LogP contribution < -0.4 is 10.6 Å². The molecule has 2 N–H and O–H groups in total. The van der Waals surface area contributed by atoms with Gasteiger partial charge in [0.15, 0.2) is 0 Å². The summed E-state index contributed by atoms with van der Waals surface area (Å²) < 4.78 is 7.30. The molecule has 0 aliphatic carbocycles. The van der Waals surface area contributed by atoms with Crippen LogP contribution in [-0.2, 0) is 23.2 Å². The molecular weight excluding hydrogens is 256 g/mol. The molecule has 0 aromatic carbocycles. The highest BCUT2D eigenvalue weighted by Gasteiger charge is 2.28. The van der Waals surface area contributed by atoms with Crippen LogP contribution in [0.2, 0.25) is 0 Å². The standard InChI is InChI=1S/C14H24N4O2/c1-10-4-5-15-11(2)14(10)17-13(19)9-20-8-12-16-6-7-18(12)3/h6-7,10-11,14-15H,4-5,8-9H2,1-3H3,(H,17,19). The molecule has 112 valence electrons. The Morgan fingerprint density at radius 2 is 2.40 bits per heavy atom. The van der Waals surface area contributed by atoms with Gasteiger partial charge in [-0.25, -0.2) is 4.98 Å². The zero-order valence-corrected chi connectivity index (χ0v) is 12.4. The van der Waals surface area contributed by atoms with E-state index in [0.29, 0.717) is 18.6 Å². The molecule has 3 atom stereocenters. The zero-order chi connectivity index (χ0) is 14.5. The van der Waals surface area contributed by atoms with E-state index < -0.39 is 0 Å². The number of hydrogen-bond acceptors (Lipinski definition) is 4. The lowest BCUT2D eigenvalue weighted by Gasteiger charge is -2.35. The second kappa shape index (κ2) is 6.85. The van der Waals surface area contributed by atoms with Crippen LogP contribution in [0.3, 0.4) is 0 Å². The average molecular weight is 280 g/mol. The molecule has 1 aromatic rings. The van der Waals surface area contributed by atoms with E-state index in [9.17, 15) is 4.79 Å². The third-order valence-corrected chi connectivity index (χ3v) is 3.93. The summed E-state index contributed by atoms with van der Waals surface area (Å²) >= 11 is 0. The van der Waals surface area contributed by atoms with Crippen molar-refractivity contribution in [3.8, 4) is 0 Å². The summed E-state index contributed by atoms with van der Waals surface area (Å²) in [5, 5.41) is 6.44. The number of aromatic nitrogens is 2. The van der Waals surface area contributed by atoms with E-state index in [4.69, 9.17) is 4.74 Å². The summed E-state index contributed by atoms with van der Waals surface area (Å²) in [7, 11) is 1.91. The molecule has 1 amide bonds. The molecule has 2 heterocycles. The third-order valence-electron chi connectivity index (χ3n) is 3.93. The third kappa shape index (κ3) is 3.80. The van der Waals surface area contributed by atoms with Crippen molar-refractivity contribution in [2.75, 3.05) is 13.2 Å². The number of nitrogens with zero attached hydrogens (tertiary/aromatic N) is 2. The molecule has 2 rings (SSSR count). The molecule has 0 saturated carbocycles. The first kappa shape index (κ1) is 15.0. The number of amides is 1. The van der Waals surface area contributed by atoms with Gasteiger partial charge in [-0.3, -0.25) is 4.79 Å². The molecule has 0 radical (unpaired) electrons. The van der Waals surface area contributed by atoms with Gasteiger partial charge in [-0.1, -0.05) is 6.92 Å². The monoisotopic (exact) mass is 280 g/mol. The van der Waals surface area contributed by atoms with Gasteiger partial charge in [-0.2, -0.15) is 0 Å². The highest BCUT2D eigenvalue weighted by molar-refractivity contribution is 5.77. The smallest absolute Gasteiger partial charge is 0.246 e. The SMILES string of the molecule is CC1CCNC(C)C1NC(=O)COCc1nccn1C. The largest absolute Gasteiger partial charge is 0.364 e. The highest BCUT2D eigenvalue weighted by Crippen LogP contribution is 2.15. The predicted molar refractivity (Wildman–Crippen MR) is 76.0 cm³/mol. The van der Waals surface area contributed by atoms with E-state index in [2.05, 4.69) is 29.5 Å². The quantitative estimate of drug-likeness (QED) is 0.821. The summed E-state index contributed by atoms with van der Waals surface area (Å²) in [4.78, 5) is 16.1. The van der Waals surface area contributed by atoms with Crippen molar-refractivity contribution in [2.45, 2.75) is 39.0 Å². The zero-order valence-electron chi connectivity index (χ0n) is 12.4. The Balaban J connectivity index is 1.73. The summed E-state index contributed by atoms with van der Waals surface area (Å²) in [5.74, 6) is 1.25. The number of piperidine rings is 1. The maximum Gasteiger partial charge on any atom is 0.246 e. The van der Waals surface area contributed by atoms with Crippen LogP contribution in [0, 0.1) is 5.92 Å². The van der Waals surface area contributed by atoms with Crippen molar-refractivity contribution < 1.29 is 9.53 Å². The number of ether oxygens (including phenoxy) is 1. The molecular formula is C14H24N4O2. The fraction of sp³-hybridized carbons (Fsp3) is 0.714. The van der Waals surface area contributed by atoms with Crippen molar-refractivity contribution in [2.24, 2.45) is 13.0 Å². The second-order valence-corrected chi connectivity index (χ2v) is 5.55. The van der Waals surface area contributed by atoms with Crippen LogP contribution >= 0.6 is 0 Å². The van der Waals surface area contributed by atoms with Gasteiger partial charge in [-0.05, 0) is 25.8 Å². The van der Waals surface area contributed by atoms with E-state index >= 15 is 0 Å². The molecule has 3 unspecified atom stereocenters. The number of carbonyl (C=O) groups excluding carboxylic acids is 1. The first-order valence-corrected chi connectivity index (χ1v) is 7.14. The molecule has 1 aliphatic heterocycles. The Hall–Kier alpha value is -1.40. The van der Waals surface area contributed by atoms with E-state index in [1.54, 1.807) is 6.20 Å².